The molecule has 0 aromatic carbocycles. The van der Waals surface area contributed by atoms with Gasteiger partial charge in [0.25, 0.3) is 0 Å². The molecule has 0 spiro atoms. The molecule has 1 atom stereocenters. The van der Waals surface area contributed by atoms with Gasteiger partial charge in [0.15, 0.2) is 0 Å². The van der Waals surface area contributed by atoms with E-state index in [-0.39, 0.29) is 18.6 Å². The van der Waals surface area contributed by atoms with E-state index in [1.54, 1.807) is 6.92 Å². The summed E-state index contributed by atoms with van der Waals surface area (Å²) >= 11 is 0. The zero-order valence-corrected chi connectivity index (χ0v) is 6.96. The zero-order chi connectivity index (χ0) is 8.69. The lowest BCUT2D eigenvalue weighted by Crippen LogP contribution is -2.35. The molecule has 0 saturated carbocycles. The van der Waals surface area contributed by atoms with Gasteiger partial charge in [-0.05, 0) is 19.9 Å². The molecule has 0 rings (SSSR count). The van der Waals surface area contributed by atoms with Crippen LogP contribution in [0.4, 0.5) is 0 Å². The number of nitrogens with one attached hydrogen (secondary N) is 1. The normalized spacial score (nSPS) is 12.6. The van der Waals surface area contributed by atoms with Gasteiger partial charge < -0.3 is 15.2 Å². The summed E-state index contributed by atoms with van der Waals surface area (Å²) < 4.78 is 4.48. The average Bonchev–Trinajstić information content (AvgIpc) is 2.03. The van der Waals surface area contributed by atoms with Crippen LogP contribution in [0.25, 0.3) is 0 Å². The highest BCUT2D eigenvalue weighted by Crippen LogP contribution is 1.85. The molecule has 0 fully saturated rings. The molecule has 11 heavy (non-hydrogen) atoms. The molecule has 66 valence electrons. The number of hydrogen-bond acceptors (Lipinski definition) is 4. The Hall–Kier alpha value is -0.610. The topological polar surface area (TPSA) is 58.6 Å². The van der Waals surface area contributed by atoms with E-state index in [1.165, 1.54) is 7.11 Å². The number of carbonyl (C=O) groups excluding carboxylic acids is 1. The molecule has 2 N–H and O–H groups in total. The second-order valence-corrected chi connectivity index (χ2v) is 2.28. The third kappa shape index (κ3) is 4.75. The van der Waals surface area contributed by atoms with Crippen molar-refractivity contribution in [2.24, 2.45) is 0 Å². The molecule has 0 heterocycles. The fraction of sp³-hybridized carbons (Fsp3) is 0.857. The van der Waals surface area contributed by atoms with Gasteiger partial charge >= 0.3 is 5.97 Å². The second-order valence-electron chi connectivity index (χ2n) is 2.28. The number of ether oxygens (including phenoxy) is 1. The van der Waals surface area contributed by atoms with Crippen LogP contribution in [0.15, 0.2) is 0 Å². The van der Waals surface area contributed by atoms with Crippen LogP contribution in [-0.4, -0.2) is 37.4 Å². The van der Waals surface area contributed by atoms with Crippen LogP contribution < -0.4 is 5.32 Å². The third-order valence-electron chi connectivity index (χ3n) is 1.34. The molecular formula is C7H15NO3. The predicted octanol–water partition coefficient (Wildman–Crippen LogP) is -0.480. The van der Waals surface area contributed by atoms with Crippen molar-refractivity contribution >= 4 is 5.97 Å². The van der Waals surface area contributed by atoms with Crippen LogP contribution in [0.2, 0.25) is 0 Å². The fourth-order valence-corrected chi connectivity index (χ4v) is 0.658. The Morgan fingerprint density at radius 2 is 2.36 bits per heavy atom. The smallest absolute Gasteiger partial charge is 0.322 e. The maximum atomic E-state index is 10.8. The Kier molecular flexibility index (Phi) is 5.78. The number of rotatable bonds is 5. The van der Waals surface area contributed by atoms with E-state index in [0.29, 0.717) is 13.0 Å². The van der Waals surface area contributed by atoms with Crippen LogP contribution in [-0.2, 0) is 9.53 Å². The zero-order valence-electron chi connectivity index (χ0n) is 6.96. The first kappa shape index (κ1) is 10.4. The minimum atomic E-state index is -0.286. The van der Waals surface area contributed by atoms with Gasteiger partial charge in [-0.3, -0.25) is 4.79 Å². The van der Waals surface area contributed by atoms with Crippen molar-refractivity contribution in [3.63, 3.8) is 0 Å². The van der Waals surface area contributed by atoms with Crippen molar-refractivity contribution in [1.29, 1.82) is 0 Å². The maximum Gasteiger partial charge on any atom is 0.322 e. The highest BCUT2D eigenvalue weighted by Gasteiger charge is 2.10. The van der Waals surface area contributed by atoms with Gasteiger partial charge in [0.1, 0.15) is 6.04 Å². The van der Waals surface area contributed by atoms with E-state index in [1.807, 2.05) is 0 Å². The van der Waals surface area contributed by atoms with E-state index in [0.717, 1.165) is 0 Å². The standard InChI is InChI=1S/C7H15NO3/c1-6(7(10)11-2)8-4-3-5-9/h6,8-9H,3-5H2,1-2H3. The number of methoxy groups -OCH3 is 1. The molecule has 0 radical (unpaired) electrons. The first-order valence-electron chi connectivity index (χ1n) is 3.64. The Morgan fingerprint density at radius 1 is 1.73 bits per heavy atom. The highest BCUT2D eigenvalue weighted by molar-refractivity contribution is 5.74. The van der Waals surface area contributed by atoms with E-state index in [9.17, 15) is 4.79 Å². The average molecular weight is 161 g/mol. The van der Waals surface area contributed by atoms with Crippen molar-refractivity contribution in [2.45, 2.75) is 19.4 Å². The molecule has 0 bridgehead atoms. The Labute approximate surface area is 66.5 Å². The summed E-state index contributed by atoms with van der Waals surface area (Å²) in [5, 5.41) is 11.3. The first-order valence-corrected chi connectivity index (χ1v) is 3.64. The van der Waals surface area contributed by atoms with Crippen molar-refractivity contribution in [3.05, 3.63) is 0 Å². The number of esters is 1. The largest absolute Gasteiger partial charge is 0.468 e. The number of aliphatic hydroxyl groups excluding tert-OH is 1. The van der Waals surface area contributed by atoms with Gasteiger partial charge in [0, 0.05) is 6.61 Å². The van der Waals surface area contributed by atoms with Crippen LogP contribution in [0, 0.1) is 0 Å². The molecule has 0 aromatic heterocycles. The molecule has 1 unspecified atom stereocenters. The van der Waals surface area contributed by atoms with Gasteiger partial charge in [-0.15, -0.1) is 0 Å². The molecule has 0 aliphatic carbocycles. The summed E-state index contributed by atoms with van der Waals surface area (Å²) in [6, 6.07) is -0.286. The molecule has 0 aliphatic heterocycles. The molecule has 0 saturated heterocycles. The Balaban J connectivity index is 3.36. The van der Waals surface area contributed by atoms with Gasteiger partial charge in [0.05, 0.1) is 7.11 Å². The van der Waals surface area contributed by atoms with Crippen molar-refractivity contribution in [2.75, 3.05) is 20.3 Å². The monoisotopic (exact) mass is 161 g/mol. The maximum absolute atomic E-state index is 10.8. The fourth-order valence-electron chi connectivity index (χ4n) is 0.658. The van der Waals surface area contributed by atoms with Crippen molar-refractivity contribution in [3.8, 4) is 0 Å². The molecule has 0 amide bonds. The van der Waals surface area contributed by atoms with Crippen molar-refractivity contribution < 1.29 is 14.6 Å². The first-order chi connectivity index (χ1) is 5.22. The minimum Gasteiger partial charge on any atom is -0.468 e. The number of hydrogen-bond donors (Lipinski definition) is 2. The molecule has 0 aromatic rings. The number of carbonyl (C=O) groups is 1. The lowest BCUT2D eigenvalue weighted by Gasteiger charge is -2.09. The van der Waals surface area contributed by atoms with Crippen LogP contribution in [0.5, 0.6) is 0 Å². The van der Waals surface area contributed by atoms with Gasteiger partial charge in [-0.1, -0.05) is 0 Å². The lowest BCUT2D eigenvalue weighted by atomic mass is 10.3. The molecular weight excluding hydrogens is 146 g/mol. The highest BCUT2D eigenvalue weighted by atomic mass is 16.5. The second kappa shape index (κ2) is 6.12. The predicted molar refractivity (Wildman–Crippen MR) is 41.2 cm³/mol. The van der Waals surface area contributed by atoms with E-state index in [2.05, 4.69) is 10.1 Å². The van der Waals surface area contributed by atoms with Crippen LogP contribution in [0.1, 0.15) is 13.3 Å². The summed E-state index contributed by atoms with van der Waals surface area (Å²) in [5.41, 5.74) is 0. The molecule has 0 aliphatic rings. The third-order valence-corrected chi connectivity index (χ3v) is 1.34. The molecule has 4 heteroatoms. The molecule has 4 nitrogen and oxygen atoms in total. The van der Waals surface area contributed by atoms with Crippen molar-refractivity contribution in [1.82, 2.24) is 5.32 Å². The van der Waals surface area contributed by atoms with Gasteiger partial charge in [0.2, 0.25) is 0 Å². The lowest BCUT2D eigenvalue weighted by molar-refractivity contribution is -0.142. The SMILES string of the molecule is COC(=O)C(C)NCCCO. The van der Waals surface area contributed by atoms with E-state index < -0.39 is 0 Å². The summed E-state index contributed by atoms with van der Waals surface area (Å²) in [6.45, 7) is 2.50. The van der Waals surface area contributed by atoms with E-state index >= 15 is 0 Å². The summed E-state index contributed by atoms with van der Waals surface area (Å²) in [6.07, 6.45) is 0.654. The van der Waals surface area contributed by atoms with E-state index in [4.69, 9.17) is 5.11 Å². The number of aliphatic hydroxyl groups is 1. The Morgan fingerprint density at radius 3 is 2.82 bits per heavy atom. The van der Waals surface area contributed by atoms with Crippen LogP contribution in [0.3, 0.4) is 0 Å². The van der Waals surface area contributed by atoms with Gasteiger partial charge in [-0.2, -0.15) is 0 Å². The van der Waals surface area contributed by atoms with Crippen LogP contribution >= 0.6 is 0 Å². The summed E-state index contributed by atoms with van der Waals surface area (Å²) in [7, 11) is 1.35. The quantitative estimate of drug-likeness (QED) is 0.422. The Bertz CT molecular complexity index is 116. The summed E-state index contributed by atoms with van der Waals surface area (Å²) in [4.78, 5) is 10.8. The minimum absolute atomic E-state index is 0.140. The summed E-state index contributed by atoms with van der Waals surface area (Å²) in [5.74, 6) is -0.275. The van der Waals surface area contributed by atoms with Gasteiger partial charge in [-0.25, -0.2) is 0 Å².